The van der Waals surface area contributed by atoms with Crippen molar-refractivity contribution >= 4 is 11.5 Å². The number of pyridine rings is 1. The van der Waals surface area contributed by atoms with Crippen molar-refractivity contribution in [3.63, 3.8) is 0 Å². The van der Waals surface area contributed by atoms with Crippen molar-refractivity contribution in [1.29, 1.82) is 0 Å². The number of benzene rings is 1. The summed E-state index contributed by atoms with van der Waals surface area (Å²) in [4.78, 5) is 3.94. The molecule has 1 aliphatic heterocycles. The first-order valence-corrected chi connectivity index (χ1v) is 5.65. The van der Waals surface area contributed by atoms with Crippen LogP contribution in [0.5, 0.6) is 11.5 Å². The minimum Gasteiger partial charge on any atom is -0.454 e. The molecule has 3 rings (SSSR count). The molecule has 0 aliphatic carbocycles. The van der Waals surface area contributed by atoms with Crippen LogP contribution >= 0.6 is 0 Å². The lowest BCUT2D eigenvalue weighted by Crippen LogP contribution is -2.00. The molecule has 0 bridgehead atoms. The Balaban J connectivity index is 1.70. The number of nitrogens with zero attached hydrogens (tertiary/aromatic N) is 1. The van der Waals surface area contributed by atoms with Gasteiger partial charge >= 0.3 is 0 Å². The Morgan fingerprint density at radius 1 is 1.17 bits per heavy atom. The number of fused-ring (bicyclic) bond motifs is 1. The predicted octanol–water partition coefficient (Wildman–Crippen LogP) is 2.00. The molecule has 1 aliphatic rings. The first-order chi connectivity index (χ1) is 8.81. The summed E-state index contributed by atoms with van der Waals surface area (Å²) in [6.45, 7) is 0.993. The van der Waals surface area contributed by atoms with E-state index in [1.165, 1.54) is 0 Å². The van der Waals surface area contributed by atoms with Gasteiger partial charge in [-0.2, -0.15) is 0 Å². The Hall–Kier alpha value is -2.43. The molecule has 92 valence electrons. The molecule has 3 N–H and O–H groups in total. The summed E-state index contributed by atoms with van der Waals surface area (Å²) in [6, 6.07) is 9.57. The third-order valence-electron chi connectivity index (χ3n) is 2.71. The van der Waals surface area contributed by atoms with Gasteiger partial charge in [0.15, 0.2) is 11.5 Å². The molecule has 0 saturated heterocycles. The average Bonchev–Trinajstić information content (AvgIpc) is 2.84. The van der Waals surface area contributed by atoms with Gasteiger partial charge in [-0.1, -0.05) is 6.07 Å². The van der Waals surface area contributed by atoms with E-state index in [0.717, 1.165) is 22.7 Å². The lowest BCUT2D eigenvalue weighted by Gasteiger charge is -2.07. The largest absolute Gasteiger partial charge is 0.454 e. The van der Waals surface area contributed by atoms with Crippen LogP contribution < -0.4 is 20.5 Å². The molecule has 0 amide bonds. The van der Waals surface area contributed by atoms with Crippen LogP contribution in [0.3, 0.4) is 0 Å². The predicted molar refractivity (Wildman–Crippen MR) is 68.5 cm³/mol. The first-order valence-electron chi connectivity index (χ1n) is 5.65. The van der Waals surface area contributed by atoms with Gasteiger partial charge in [-0.05, 0) is 23.8 Å². The van der Waals surface area contributed by atoms with Crippen LogP contribution in [0.25, 0.3) is 0 Å². The van der Waals surface area contributed by atoms with Crippen molar-refractivity contribution in [2.24, 2.45) is 0 Å². The molecule has 0 radical (unpaired) electrons. The highest BCUT2D eigenvalue weighted by Gasteiger charge is 2.12. The summed E-state index contributed by atoms with van der Waals surface area (Å²) in [7, 11) is 0. The maximum atomic E-state index is 5.61. The molecular weight excluding hydrogens is 230 g/mol. The van der Waals surface area contributed by atoms with Crippen LogP contribution in [0.1, 0.15) is 5.56 Å². The van der Waals surface area contributed by atoms with Crippen LogP contribution in [-0.4, -0.2) is 11.8 Å². The summed E-state index contributed by atoms with van der Waals surface area (Å²) in [6.07, 6.45) is 1.68. The number of nitrogens with one attached hydrogen (secondary N) is 1. The van der Waals surface area contributed by atoms with Gasteiger partial charge in [-0.15, -0.1) is 0 Å². The van der Waals surface area contributed by atoms with Gasteiger partial charge in [0.25, 0.3) is 0 Å². The van der Waals surface area contributed by atoms with E-state index in [2.05, 4.69) is 10.3 Å². The Kier molecular flexibility index (Phi) is 2.64. The smallest absolute Gasteiger partial charge is 0.231 e. The minimum atomic E-state index is 0.299. The van der Waals surface area contributed by atoms with Gasteiger partial charge in [0.2, 0.25) is 6.79 Å². The van der Waals surface area contributed by atoms with E-state index in [9.17, 15) is 0 Å². The maximum absolute atomic E-state index is 5.61. The number of hydrogen-bond acceptors (Lipinski definition) is 5. The lowest BCUT2D eigenvalue weighted by molar-refractivity contribution is 0.174. The van der Waals surface area contributed by atoms with E-state index in [1.54, 1.807) is 12.3 Å². The van der Waals surface area contributed by atoms with Crippen LogP contribution in [0.2, 0.25) is 0 Å². The highest BCUT2D eigenvalue weighted by atomic mass is 16.7. The van der Waals surface area contributed by atoms with Crippen molar-refractivity contribution in [2.45, 2.75) is 6.54 Å². The normalized spacial score (nSPS) is 12.4. The molecule has 18 heavy (non-hydrogen) atoms. The summed E-state index contributed by atoms with van der Waals surface area (Å²) in [5.41, 5.74) is 7.68. The molecule has 5 heteroatoms. The SMILES string of the molecule is Nc1cc(NCc2ccc3c(c2)OCO3)ccn1. The Labute approximate surface area is 105 Å². The second kappa shape index (κ2) is 4.44. The van der Waals surface area contributed by atoms with Crippen molar-refractivity contribution < 1.29 is 9.47 Å². The van der Waals surface area contributed by atoms with Crippen LogP contribution in [-0.2, 0) is 6.54 Å². The molecule has 0 unspecified atom stereocenters. The fourth-order valence-corrected chi connectivity index (χ4v) is 1.81. The summed E-state index contributed by atoms with van der Waals surface area (Å²) in [5.74, 6) is 2.10. The molecule has 2 aromatic rings. The Morgan fingerprint density at radius 3 is 2.94 bits per heavy atom. The van der Waals surface area contributed by atoms with Gasteiger partial charge in [0.05, 0.1) is 0 Å². The highest BCUT2D eigenvalue weighted by molar-refractivity contribution is 5.51. The van der Waals surface area contributed by atoms with Crippen molar-refractivity contribution in [2.75, 3.05) is 17.8 Å². The van der Waals surface area contributed by atoms with E-state index in [4.69, 9.17) is 15.2 Å². The number of anilines is 2. The van der Waals surface area contributed by atoms with E-state index in [0.29, 0.717) is 19.2 Å². The number of rotatable bonds is 3. The fraction of sp³-hybridized carbons (Fsp3) is 0.154. The highest BCUT2D eigenvalue weighted by Crippen LogP contribution is 2.32. The Bertz CT molecular complexity index is 572. The van der Waals surface area contributed by atoms with Gasteiger partial charge in [0.1, 0.15) is 5.82 Å². The third kappa shape index (κ3) is 2.15. The zero-order chi connectivity index (χ0) is 12.4. The topological polar surface area (TPSA) is 69.4 Å². The minimum absolute atomic E-state index is 0.299. The van der Waals surface area contributed by atoms with Gasteiger partial charge in [-0.25, -0.2) is 4.98 Å². The number of hydrogen-bond donors (Lipinski definition) is 2. The Morgan fingerprint density at radius 2 is 2.06 bits per heavy atom. The van der Waals surface area contributed by atoms with Crippen LogP contribution in [0.15, 0.2) is 36.5 Å². The molecule has 2 heterocycles. The molecule has 5 nitrogen and oxygen atoms in total. The summed E-state index contributed by atoms with van der Waals surface area (Å²) in [5, 5.41) is 3.28. The second-order valence-corrected chi connectivity index (χ2v) is 4.01. The quantitative estimate of drug-likeness (QED) is 0.863. The molecule has 0 saturated carbocycles. The van der Waals surface area contributed by atoms with Crippen LogP contribution in [0, 0.1) is 0 Å². The molecule has 0 spiro atoms. The number of ether oxygens (including phenoxy) is 2. The van der Waals surface area contributed by atoms with Crippen LogP contribution in [0.4, 0.5) is 11.5 Å². The van der Waals surface area contributed by atoms with E-state index < -0.39 is 0 Å². The van der Waals surface area contributed by atoms with Gasteiger partial charge in [0, 0.05) is 24.5 Å². The fourth-order valence-electron chi connectivity index (χ4n) is 1.81. The molecule has 0 fully saturated rings. The van der Waals surface area contributed by atoms with Crippen molar-refractivity contribution in [3.8, 4) is 11.5 Å². The van der Waals surface area contributed by atoms with E-state index in [1.807, 2.05) is 24.3 Å². The van der Waals surface area contributed by atoms with Gasteiger partial charge in [-0.3, -0.25) is 0 Å². The zero-order valence-corrected chi connectivity index (χ0v) is 9.72. The standard InChI is InChI=1S/C13H13N3O2/c14-13-6-10(3-4-15-13)16-7-9-1-2-11-12(5-9)18-8-17-11/h1-6H,7-8H2,(H3,14,15,16). The third-order valence-corrected chi connectivity index (χ3v) is 2.71. The summed E-state index contributed by atoms with van der Waals surface area (Å²) < 4.78 is 10.6. The number of aromatic nitrogens is 1. The number of nitrogen functional groups attached to an aromatic ring is 1. The summed E-state index contributed by atoms with van der Waals surface area (Å²) >= 11 is 0. The molecule has 1 aromatic carbocycles. The van der Waals surface area contributed by atoms with E-state index in [-0.39, 0.29) is 0 Å². The average molecular weight is 243 g/mol. The first kappa shape index (κ1) is 10.7. The lowest BCUT2D eigenvalue weighted by atomic mass is 10.2. The molecule has 1 aromatic heterocycles. The van der Waals surface area contributed by atoms with E-state index >= 15 is 0 Å². The molecule has 0 atom stereocenters. The van der Waals surface area contributed by atoms with Crippen molar-refractivity contribution in [3.05, 3.63) is 42.1 Å². The zero-order valence-electron chi connectivity index (χ0n) is 9.72. The maximum Gasteiger partial charge on any atom is 0.231 e. The monoisotopic (exact) mass is 243 g/mol. The second-order valence-electron chi connectivity index (χ2n) is 4.01. The number of nitrogens with two attached hydrogens (primary N) is 1. The van der Waals surface area contributed by atoms with Gasteiger partial charge < -0.3 is 20.5 Å². The van der Waals surface area contributed by atoms with Crippen molar-refractivity contribution in [1.82, 2.24) is 4.98 Å². The molecular formula is C13H13N3O2.